The van der Waals surface area contributed by atoms with Crippen LogP contribution >= 0.6 is 11.3 Å². The van der Waals surface area contributed by atoms with E-state index in [0.717, 1.165) is 29.9 Å². The number of aromatic nitrogens is 1. The Hall–Kier alpha value is -2.08. The summed E-state index contributed by atoms with van der Waals surface area (Å²) in [5, 5.41) is 7.78. The van der Waals surface area contributed by atoms with Crippen molar-refractivity contribution in [3.63, 3.8) is 0 Å². The Balaban J connectivity index is 1.96. The lowest BCUT2D eigenvalue weighted by molar-refractivity contribution is 0.271. The largest absolute Gasteiger partial charge is 0.493 e. The summed E-state index contributed by atoms with van der Waals surface area (Å²) in [6, 6.07) is 8.39. The number of benzene rings is 1. The van der Waals surface area contributed by atoms with Crippen molar-refractivity contribution in [1.29, 1.82) is 0 Å². The lowest BCUT2D eigenvalue weighted by atomic mass is 10.1. The Kier molecular flexibility index (Phi) is 7.91. The van der Waals surface area contributed by atoms with E-state index in [-0.39, 0.29) is 6.04 Å². The van der Waals surface area contributed by atoms with Crippen molar-refractivity contribution in [1.82, 2.24) is 15.6 Å². The van der Waals surface area contributed by atoms with E-state index in [1.165, 1.54) is 10.4 Å². The molecule has 0 saturated carbocycles. The molecular formula is C20H30N4OS. The second-order valence-corrected chi connectivity index (χ2v) is 8.02. The highest BCUT2D eigenvalue weighted by Gasteiger charge is 2.09. The van der Waals surface area contributed by atoms with Crippen molar-refractivity contribution < 1.29 is 4.74 Å². The Labute approximate surface area is 160 Å². The molecule has 0 aliphatic rings. The molecule has 1 atom stereocenters. The summed E-state index contributed by atoms with van der Waals surface area (Å²) in [6.07, 6.45) is 1.89. The summed E-state index contributed by atoms with van der Waals surface area (Å²) < 4.78 is 5.75. The fourth-order valence-electron chi connectivity index (χ4n) is 2.35. The zero-order valence-electron chi connectivity index (χ0n) is 16.4. The molecule has 1 heterocycles. The van der Waals surface area contributed by atoms with Crippen LogP contribution in [0.25, 0.3) is 0 Å². The number of nitrogens with one attached hydrogen (secondary N) is 2. The highest BCUT2D eigenvalue weighted by atomic mass is 32.1. The monoisotopic (exact) mass is 374 g/mol. The Morgan fingerprint density at radius 1 is 1.23 bits per heavy atom. The van der Waals surface area contributed by atoms with Gasteiger partial charge in [-0.1, -0.05) is 26.0 Å². The van der Waals surface area contributed by atoms with E-state index in [4.69, 9.17) is 4.74 Å². The van der Waals surface area contributed by atoms with Gasteiger partial charge in [0.1, 0.15) is 10.8 Å². The van der Waals surface area contributed by atoms with E-state index >= 15 is 0 Å². The summed E-state index contributed by atoms with van der Waals surface area (Å²) in [4.78, 5) is 10.2. The molecule has 0 amide bonds. The number of ether oxygens (including phenoxy) is 1. The molecular weight excluding hydrogens is 344 g/mol. The molecule has 0 saturated heterocycles. The minimum absolute atomic E-state index is 0.143. The Morgan fingerprint density at radius 3 is 2.54 bits per heavy atom. The lowest BCUT2D eigenvalue weighted by Gasteiger charge is -2.18. The number of nitrogens with zero attached hydrogens (tertiary/aromatic N) is 2. The van der Waals surface area contributed by atoms with Gasteiger partial charge in [-0.05, 0) is 44.4 Å². The first-order valence-corrected chi connectivity index (χ1v) is 9.98. The van der Waals surface area contributed by atoms with Crippen LogP contribution in [0.2, 0.25) is 0 Å². The van der Waals surface area contributed by atoms with Crippen LogP contribution in [-0.4, -0.2) is 24.1 Å². The van der Waals surface area contributed by atoms with Crippen molar-refractivity contribution in [3.8, 4) is 5.75 Å². The van der Waals surface area contributed by atoms with Crippen LogP contribution in [0.1, 0.15) is 49.2 Å². The van der Waals surface area contributed by atoms with E-state index in [1.54, 1.807) is 11.3 Å². The van der Waals surface area contributed by atoms with Gasteiger partial charge in [0.05, 0.1) is 19.2 Å². The van der Waals surface area contributed by atoms with Crippen LogP contribution in [0, 0.1) is 12.8 Å². The number of hydrogen-bond donors (Lipinski definition) is 2. The van der Waals surface area contributed by atoms with Crippen LogP contribution in [0.5, 0.6) is 5.75 Å². The van der Waals surface area contributed by atoms with E-state index in [1.807, 2.05) is 18.3 Å². The third-order valence-corrected chi connectivity index (χ3v) is 4.60. The molecule has 0 bridgehead atoms. The molecule has 0 fully saturated rings. The fraction of sp³-hybridized carbons (Fsp3) is 0.500. The van der Waals surface area contributed by atoms with E-state index < -0.39 is 0 Å². The van der Waals surface area contributed by atoms with Crippen LogP contribution < -0.4 is 15.4 Å². The number of thiazole rings is 1. The molecule has 1 aromatic carbocycles. The minimum Gasteiger partial charge on any atom is -0.493 e. The smallest absolute Gasteiger partial charge is 0.192 e. The zero-order valence-corrected chi connectivity index (χ0v) is 17.2. The second kappa shape index (κ2) is 10.2. The summed E-state index contributed by atoms with van der Waals surface area (Å²) in [5.41, 5.74) is 1.19. The van der Waals surface area contributed by atoms with Crippen LogP contribution in [0.3, 0.4) is 0 Å². The molecule has 0 aliphatic carbocycles. The Morgan fingerprint density at radius 2 is 1.96 bits per heavy atom. The van der Waals surface area contributed by atoms with Crippen molar-refractivity contribution in [2.45, 2.75) is 47.2 Å². The standard InChI is InChI=1S/C20H30N4OS/c1-6-21-20(23-12-19-22-11-15(4)26-19)24-16(5)17-7-9-18(10-8-17)25-13-14(2)3/h7-11,14,16H,6,12-13H2,1-5H3,(H2,21,23,24). The van der Waals surface area contributed by atoms with E-state index in [9.17, 15) is 0 Å². The zero-order chi connectivity index (χ0) is 18.9. The highest BCUT2D eigenvalue weighted by molar-refractivity contribution is 7.11. The van der Waals surface area contributed by atoms with Gasteiger partial charge in [-0.15, -0.1) is 11.3 Å². The molecule has 26 heavy (non-hydrogen) atoms. The molecule has 1 aromatic heterocycles. The van der Waals surface area contributed by atoms with E-state index in [2.05, 4.69) is 67.4 Å². The normalized spacial score (nSPS) is 12.9. The molecule has 2 aromatic rings. The van der Waals surface area contributed by atoms with Gasteiger partial charge in [0.25, 0.3) is 0 Å². The van der Waals surface area contributed by atoms with Crippen molar-refractivity contribution >= 4 is 17.3 Å². The maximum absolute atomic E-state index is 5.75. The van der Waals surface area contributed by atoms with Gasteiger partial charge in [0, 0.05) is 17.6 Å². The van der Waals surface area contributed by atoms with Crippen molar-refractivity contribution in [2.75, 3.05) is 13.2 Å². The van der Waals surface area contributed by atoms with E-state index in [0.29, 0.717) is 12.5 Å². The number of aliphatic imine (C=N–C) groups is 1. The highest BCUT2D eigenvalue weighted by Crippen LogP contribution is 2.18. The molecule has 0 spiro atoms. The molecule has 0 aliphatic heterocycles. The van der Waals surface area contributed by atoms with Gasteiger partial charge in [-0.2, -0.15) is 0 Å². The SMILES string of the molecule is CCNC(=NCc1ncc(C)s1)NC(C)c1ccc(OCC(C)C)cc1. The number of aryl methyl sites for hydroxylation is 1. The Bertz CT molecular complexity index is 694. The van der Waals surface area contributed by atoms with Gasteiger partial charge in [0.2, 0.25) is 0 Å². The molecule has 0 radical (unpaired) electrons. The average Bonchev–Trinajstić information content (AvgIpc) is 3.04. The molecule has 6 heteroatoms. The second-order valence-electron chi connectivity index (χ2n) is 6.70. The molecule has 5 nitrogen and oxygen atoms in total. The number of hydrogen-bond acceptors (Lipinski definition) is 4. The third-order valence-electron chi connectivity index (χ3n) is 3.70. The maximum Gasteiger partial charge on any atom is 0.192 e. The molecule has 1 unspecified atom stereocenters. The summed E-state index contributed by atoms with van der Waals surface area (Å²) in [7, 11) is 0. The third kappa shape index (κ3) is 6.67. The van der Waals surface area contributed by atoms with Crippen LogP contribution in [-0.2, 0) is 6.54 Å². The fourth-order valence-corrected chi connectivity index (χ4v) is 3.06. The number of guanidine groups is 1. The molecule has 2 rings (SSSR count). The van der Waals surface area contributed by atoms with Crippen molar-refractivity contribution in [3.05, 3.63) is 45.9 Å². The van der Waals surface area contributed by atoms with Crippen LogP contribution in [0.15, 0.2) is 35.5 Å². The first kappa shape index (κ1) is 20.2. The molecule has 2 N–H and O–H groups in total. The molecule has 142 valence electrons. The predicted molar refractivity (Wildman–Crippen MR) is 110 cm³/mol. The minimum atomic E-state index is 0.143. The van der Waals surface area contributed by atoms with Gasteiger partial charge >= 0.3 is 0 Å². The van der Waals surface area contributed by atoms with Gasteiger partial charge < -0.3 is 15.4 Å². The first-order valence-electron chi connectivity index (χ1n) is 9.16. The summed E-state index contributed by atoms with van der Waals surface area (Å²) in [5.74, 6) is 2.23. The summed E-state index contributed by atoms with van der Waals surface area (Å²) >= 11 is 1.68. The van der Waals surface area contributed by atoms with Crippen LogP contribution in [0.4, 0.5) is 0 Å². The average molecular weight is 375 g/mol. The maximum atomic E-state index is 5.75. The topological polar surface area (TPSA) is 58.5 Å². The van der Waals surface area contributed by atoms with Gasteiger partial charge in [-0.3, -0.25) is 0 Å². The summed E-state index contributed by atoms with van der Waals surface area (Å²) in [6.45, 7) is 12.7. The quantitative estimate of drug-likeness (QED) is 0.534. The van der Waals surface area contributed by atoms with Gasteiger partial charge in [-0.25, -0.2) is 9.98 Å². The lowest BCUT2D eigenvalue weighted by Crippen LogP contribution is -2.38. The number of rotatable bonds is 8. The van der Waals surface area contributed by atoms with Crippen molar-refractivity contribution in [2.24, 2.45) is 10.9 Å². The van der Waals surface area contributed by atoms with Gasteiger partial charge in [0.15, 0.2) is 5.96 Å². The first-order chi connectivity index (χ1) is 12.5. The predicted octanol–water partition coefficient (Wildman–Crippen LogP) is 4.30.